The van der Waals surface area contributed by atoms with E-state index in [-0.39, 0.29) is 0 Å². The van der Waals surface area contributed by atoms with Crippen LogP contribution >= 0.6 is 15.9 Å². The van der Waals surface area contributed by atoms with E-state index in [2.05, 4.69) is 28.2 Å². The number of hydrogen-bond acceptors (Lipinski definition) is 2. The second kappa shape index (κ2) is 3.58. The maximum Gasteiger partial charge on any atom is 0.142 e. The van der Waals surface area contributed by atoms with Gasteiger partial charge in [-0.1, -0.05) is 22.9 Å². The number of benzene rings is 1. The van der Waals surface area contributed by atoms with E-state index in [1.54, 1.807) is 0 Å². The fourth-order valence-electron chi connectivity index (χ4n) is 1.42. The largest absolute Gasteiger partial charge is 0.486 e. The molecule has 1 aromatic rings. The molecule has 1 aliphatic heterocycles. The Balaban J connectivity index is 2.26. The van der Waals surface area contributed by atoms with Crippen LogP contribution in [-0.2, 0) is 0 Å². The van der Waals surface area contributed by atoms with Crippen LogP contribution in [-0.4, -0.2) is 12.6 Å². The summed E-state index contributed by atoms with van der Waals surface area (Å²) in [7, 11) is 0. The molecule has 0 spiro atoms. The molecule has 1 heterocycles. The Morgan fingerprint density at radius 2 is 2.46 bits per heavy atom. The molecule has 0 aliphatic carbocycles. The molecule has 0 aromatic heterocycles. The monoisotopic (exact) mass is 241 g/mol. The van der Waals surface area contributed by atoms with E-state index >= 15 is 0 Å². The van der Waals surface area contributed by atoms with Gasteiger partial charge in [-0.15, -0.1) is 0 Å². The van der Waals surface area contributed by atoms with Crippen molar-refractivity contribution in [1.82, 2.24) is 0 Å². The van der Waals surface area contributed by atoms with E-state index in [0.29, 0.717) is 6.10 Å². The number of anilines is 1. The summed E-state index contributed by atoms with van der Waals surface area (Å²) >= 11 is 3.43. The van der Waals surface area contributed by atoms with E-state index in [9.17, 15) is 0 Å². The molecule has 1 aromatic carbocycles. The van der Waals surface area contributed by atoms with Gasteiger partial charge in [0.2, 0.25) is 0 Å². The molecule has 3 heteroatoms. The quantitative estimate of drug-likeness (QED) is 0.817. The van der Waals surface area contributed by atoms with Gasteiger partial charge in [0.15, 0.2) is 0 Å². The molecule has 0 fully saturated rings. The summed E-state index contributed by atoms with van der Waals surface area (Å²) in [4.78, 5) is 0. The molecule has 0 saturated carbocycles. The first-order chi connectivity index (χ1) is 6.29. The third-order valence-electron chi connectivity index (χ3n) is 2.21. The number of hydrogen-bond donors (Lipinski definition) is 1. The van der Waals surface area contributed by atoms with Crippen LogP contribution in [0.2, 0.25) is 0 Å². The van der Waals surface area contributed by atoms with Crippen LogP contribution in [0.3, 0.4) is 0 Å². The van der Waals surface area contributed by atoms with Gasteiger partial charge in [-0.25, -0.2) is 0 Å². The van der Waals surface area contributed by atoms with Gasteiger partial charge in [-0.3, -0.25) is 0 Å². The topological polar surface area (TPSA) is 21.3 Å². The first-order valence-electron chi connectivity index (χ1n) is 4.49. The van der Waals surface area contributed by atoms with Crippen LogP contribution in [0.25, 0.3) is 0 Å². The molecule has 1 aliphatic rings. The normalized spacial score (nSPS) is 20.0. The average molecular weight is 242 g/mol. The maximum atomic E-state index is 5.75. The molecule has 0 bridgehead atoms. The SMILES string of the molecule is CCC1CNc2cc(Br)ccc2O1. The van der Waals surface area contributed by atoms with Crippen molar-refractivity contribution < 1.29 is 4.74 Å². The van der Waals surface area contributed by atoms with E-state index in [0.717, 1.165) is 28.9 Å². The highest BCUT2D eigenvalue weighted by Crippen LogP contribution is 2.32. The van der Waals surface area contributed by atoms with E-state index in [1.807, 2.05) is 18.2 Å². The van der Waals surface area contributed by atoms with E-state index < -0.39 is 0 Å². The third kappa shape index (κ3) is 1.80. The first-order valence-corrected chi connectivity index (χ1v) is 5.29. The van der Waals surface area contributed by atoms with Crippen LogP contribution in [0, 0.1) is 0 Å². The molecular formula is C10H12BrNO. The first kappa shape index (κ1) is 8.88. The lowest BCUT2D eigenvalue weighted by Gasteiger charge is -2.26. The number of rotatable bonds is 1. The lowest BCUT2D eigenvalue weighted by molar-refractivity contribution is 0.202. The summed E-state index contributed by atoms with van der Waals surface area (Å²) < 4.78 is 6.83. The Bertz CT molecular complexity index is 314. The summed E-state index contributed by atoms with van der Waals surface area (Å²) in [5.41, 5.74) is 1.08. The van der Waals surface area contributed by atoms with E-state index in [1.165, 1.54) is 0 Å². The summed E-state index contributed by atoms with van der Waals surface area (Å²) in [6, 6.07) is 6.04. The minimum absolute atomic E-state index is 0.314. The molecule has 13 heavy (non-hydrogen) atoms. The van der Waals surface area contributed by atoms with Gasteiger partial charge in [0.05, 0.1) is 12.2 Å². The molecule has 1 N–H and O–H groups in total. The lowest BCUT2D eigenvalue weighted by atomic mass is 10.2. The molecule has 1 atom stereocenters. The minimum atomic E-state index is 0.314. The molecular weight excluding hydrogens is 230 g/mol. The van der Waals surface area contributed by atoms with Gasteiger partial charge < -0.3 is 10.1 Å². The molecule has 2 nitrogen and oxygen atoms in total. The van der Waals surface area contributed by atoms with Crippen molar-refractivity contribution in [2.75, 3.05) is 11.9 Å². The van der Waals surface area contributed by atoms with Gasteiger partial charge in [-0.05, 0) is 24.6 Å². The van der Waals surface area contributed by atoms with Crippen molar-refractivity contribution >= 4 is 21.6 Å². The van der Waals surface area contributed by atoms with Crippen LogP contribution < -0.4 is 10.1 Å². The van der Waals surface area contributed by atoms with Gasteiger partial charge >= 0.3 is 0 Å². The Morgan fingerprint density at radius 3 is 3.23 bits per heavy atom. The van der Waals surface area contributed by atoms with Crippen molar-refractivity contribution in [2.24, 2.45) is 0 Å². The van der Waals surface area contributed by atoms with Gasteiger partial charge in [0.25, 0.3) is 0 Å². The zero-order valence-electron chi connectivity index (χ0n) is 7.51. The molecule has 0 radical (unpaired) electrons. The van der Waals surface area contributed by atoms with Crippen LogP contribution in [0.5, 0.6) is 5.75 Å². The predicted octanol–water partition coefficient (Wildman–Crippen LogP) is 3.03. The highest BCUT2D eigenvalue weighted by atomic mass is 79.9. The van der Waals surface area contributed by atoms with Gasteiger partial charge in [0, 0.05) is 4.47 Å². The number of fused-ring (bicyclic) bond motifs is 1. The lowest BCUT2D eigenvalue weighted by Crippen LogP contribution is -2.29. The summed E-state index contributed by atoms with van der Waals surface area (Å²) in [6.07, 6.45) is 1.36. The average Bonchev–Trinajstić information content (AvgIpc) is 2.17. The Kier molecular flexibility index (Phi) is 2.44. The Labute approximate surface area is 86.4 Å². The zero-order chi connectivity index (χ0) is 9.26. The smallest absolute Gasteiger partial charge is 0.142 e. The fourth-order valence-corrected chi connectivity index (χ4v) is 1.78. The van der Waals surface area contributed by atoms with Crippen molar-refractivity contribution in [3.8, 4) is 5.75 Å². The van der Waals surface area contributed by atoms with Crippen LogP contribution in [0.4, 0.5) is 5.69 Å². The highest BCUT2D eigenvalue weighted by molar-refractivity contribution is 9.10. The van der Waals surface area contributed by atoms with Crippen molar-refractivity contribution in [3.63, 3.8) is 0 Å². The van der Waals surface area contributed by atoms with Gasteiger partial charge in [-0.2, -0.15) is 0 Å². The third-order valence-corrected chi connectivity index (χ3v) is 2.70. The summed E-state index contributed by atoms with van der Waals surface area (Å²) in [5, 5.41) is 3.35. The zero-order valence-corrected chi connectivity index (χ0v) is 9.10. The van der Waals surface area contributed by atoms with Crippen molar-refractivity contribution in [1.29, 1.82) is 0 Å². The second-order valence-corrected chi connectivity index (χ2v) is 4.09. The number of halogens is 1. The second-order valence-electron chi connectivity index (χ2n) is 3.17. The highest BCUT2D eigenvalue weighted by Gasteiger charge is 2.16. The van der Waals surface area contributed by atoms with E-state index in [4.69, 9.17) is 4.74 Å². The molecule has 2 rings (SSSR count). The summed E-state index contributed by atoms with van der Waals surface area (Å²) in [5.74, 6) is 0.960. The molecule has 70 valence electrons. The fraction of sp³-hybridized carbons (Fsp3) is 0.400. The standard InChI is InChI=1S/C10H12BrNO/c1-2-8-6-12-9-5-7(11)3-4-10(9)13-8/h3-5,8,12H,2,6H2,1H3. The number of nitrogens with one attached hydrogen (secondary N) is 1. The van der Waals surface area contributed by atoms with Crippen molar-refractivity contribution in [2.45, 2.75) is 19.4 Å². The Hall–Kier alpha value is -0.700. The maximum absolute atomic E-state index is 5.75. The minimum Gasteiger partial charge on any atom is -0.486 e. The summed E-state index contributed by atoms with van der Waals surface area (Å²) in [6.45, 7) is 3.04. The molecule has 0 saturated heterocycles. The molecule has 1 unspecified atom stereocenters. The van der Waals surface area contributed by atoms with Crippen LogP contribution in [0.15, 0.2) is 22.7 Å². The van der Waals surface area contributed by atoms with Crippen molar-refractivity contribution in [3.05, 3.63) is 22.7 Å². The van der Waals surface area contributed by atoms with Crippen LogP contribution in [0.1, 0.15) is 13.3 Å². The molecule has 0 amide bonds. The predicted molar refractivity (Wildman–Crippen MR) is 57.3 cm³/mol. The number of ether oxygens (including phenoxy) is 1. The van der Waals surface area contributed by atoms with Gasteiger partial charge in [0.1, 0.15) is 11.9 Å². The Morgan fingerprint density at radius 1 is 1.62 bits per heavy atom.